The molecule has 0 N–H and O–H groups in total. The van der Waals surface area contributed by atoms with Crippen molar-refractivity contribution in [3.05, 3.63) is 58.6 Å². The van der Waals surface area contributed by atoms with Crippen LogP contribution in [0.2, 0.25) is 0 Å². The highest BCUT2D eigenvalue weighted by Crippen LogP contribution is 2.23. The first-order valence-electron chi connectivity index (χ1n) is 6.19. The van der Waals surface area contributed by atoms with Crippen LogP contribution in [0.15, 0.2) is 53.0 Å². The van der Waals surface area contributed by atoms with E-state index in [-0.39, 0.29) is 6.61 Å². The van der Waals surface area contributed by atoms with Gasteiger partial charge in [0.25, 0.3) is 5.78 Å². The molecule has 0 saturated carbocycles. The van der Waals surface area contributed by atoms with Crippen molar-refractivity contribution in [2.45, 2.75) is 6.92 Å². The number of Topliss-reactive ketones (excluding diaryl/α,β-unsaturated/α-hetero) is 1. The van der Waals surface area contributed by atoms with Crippen LogP contribution in [0, 0.1) is 0 Å². The number of benzene rings is 2. The van der Waals surface area contributed by atoms with E-state index in [1.165, 1.54) is 0 Å². The minimum absolute atomic E-state index is 0.195. The molecule has 102 valence electrons. The van der Waals surface area contributed by atoms with Gasteiger partial charge in [0, 0.05) is 10.0 Å². The molecule has 0 aliphatic heterocycles. The molecule has 0 saturated heterocycles. The molecule has 0 spiro atoms. The smallest absolute Gasteiger partial charge is 0.379 e. The van der Waals surface area contributed by atoms with Crippen LogP contribution in [0.1, 0.15) is 17.3 Å². The summed E-state index contributed by atoms with van der Waals surface area (Å²) in [5.74, 6) is -1.43. The highest BCUT2D eigenvalue weighted by molar-refractivity contribution is 9.10. The van der Waals surface area contributed by atoms with Crippen molar-refractivity contribution in [3.63, 3.8) is 0 Å². The molecule has 2 rings (SSSR count). The minimum atomic E-state index is -0.817. The lowest BCUT2D eigenvalue weighted by molar-refractivity contribution is -0.137. The number of hydrogen-bond donors (Lipinski definition) is 0. The second-order valence-electron chi connectivity index (χ2n) is 4.14. The molecule has 0 atom stereocenters. The molecule has 0 amide bonds. The van der Waals surface area contributed by atoms with Crippen molar-refractivity contribution in [2.75, 3.05) is 6.61 Å². The zero-order valence-corrected chi connectivity index (χ0v) is 12.5. The van der Waals surface area contributed by atoms with E-state index in [0.717, 1.165) is 15.6 Å². The lowest BCUT2D eigenvalue weighted by atomic mass is 10.0. The molecule has 0 aliphatic rings. The fourth-order valence-corrected chi connectivity index (χ4v) is 2.20. The van der Waals surface area contributed by atoms with E-state index >= 15 is 0 Å². The predicted molar refractivity (Wildman–Crippen MR) is 80.5 cm³/mol. The Kier molecular flexibility index (Phi) is 4.69. The standard InChI is InChI=1S/C16H13BrO3/c1-2-20-16(19)15(18)12-8-6-11(7-9-12)13-4-3-5-14(17)10-13/h3-10H,2H2,1H3. The Morgan fingerprint density at radius 1 is 1.05 bits per heavy atom. The highest BCUT2D eigenvalue weighted by Gasteiger charge is 2.17. The molecule has 2 aromatic rings. The molecular weight excluding hydrogens is 320 g/mol. The van der Waals surface area contributed by atoms with E-state index in [1.807, 2.05) is 36.4 Å². The van der Waals surface area contributed by atoms with Crippen molar-refractivity contribution in [2.24, 2.45) is 0 Å². The number of carbonyl (C=O) groups excluding carboxylic acids is 2. The first kappa shape index (κ1) is 14.5. The summed E-state index contributed by atoms with van der Waals surface area (Å²) in [5, 5.41) is 0. The lowest BCUT2D eigenvalue weighted by Crippen LogP contribution is -2.17. The fraction of sp³-hybridized carbons (Fsp3) is 0.125. The van der Waals surface area contributed by atoms with Gasteiger partial charge in [0.2, 0.25) is 0 Å². The summed E-state index contributed by atoms with van der Waals surface area (Å²) in [5.41, 5.74) is 2.35. The molecular formula is C16H13BrO3. The van der Waals surface area contributed by atoms with Gasteiger partial charge in [0.1, 0.15) is 0 Å². The lowest BCUT2D eigenvalue weighted by Gasteiger charge is -2.04. The number of hydrogen-bond acceptors (Lipinski definition) is 3. The Balaban J connectivity index is 2.22. The van der Waals surface area contributed by atoms with E-state index in [9.17, 15) is 9.59 Å². The second kappa shape index (κ2) is 6.48. The van der Waals surface area contributed by atoms with Gasteiger partial charge in [-0.15, -0.1) is 0 Å². The van der Waals surface area contributed by atoms with Gasteiger partial charge in [0.05, 0.1) is 6.61 Å². The molecule has 0 heterocycles. The van der Waals surface area contributed by atoms with Crippen LogP contribution < -0.4 is 0 Å². The summed E-state index contributed by atoms with van der Waals surface area (Å²) in [7, 11) is 0. The normalized spacial score (nSPS) is 10.1. The van der Waals surface area contributed by atoms with Gasteiger partial charge in [0.15, 0.2) is 0 Å². The average molecular weight is 333 g/mol. The van der Waals surface area contributed by atoms with Crippen LogP contribution >= 0.6 is 15.9 Å². The summed E-state index contributed by atoms with van der Waals surface area (Å²) in [6.45, 7) is 1.86. The first-order valence-corrected chi connectivity index (χ1v) is 6.98. The fourth-order valence-electron chi connectivity index (χ4n) is 1.80. The summed E-state index contributed by atoms with van der Waals surface area (Å²) in [6, 6.07) is 14.8. The van der Waals surface area contributed by atoms with Crippen molar-refractivity contribution < 1.29 is 14.3 Å². The topological polar surface area (TPSA) is 43.4 Å². The summed E-state index contributed by atoms with van der Waals surface area (Å²) in [6.07, 6.45) is 0. The second-order valence-corrected chi connectivity index (χ2v) is 5.05. The monoisotopic (exact) mass is 332 g/mol. The van der Waals surface area contributed by atoms with Crippen molar-refractivity contribution in [1.82, 2.24) is 0 Å². The minimum Gasteiger partial charge on any atom is -0.460 e. The number of ether oxygens (including phenoxy) is 1. The highest BCUT2D eigenvalue weighted by atomic mass is 79.9. The van der Waals surface area contributed by atoms with Crippen molar-refractivity contribution in [1.29, 1.82) is 0 Å². The SMILES string of the molecule is CCOC(=O)C(=O)c1ccc(-c2cccc(Br)c2)cc1. The summed E-state index contributed by atoms with van der Waals surface area (Å²) < 4.78 is 5.68. The van der Waals surface area contributed by atoms with E-state index in [4.69, 9.17) is 4.74 Å². The van der Waals surface area contributed by atoms with E-state index in [1.54, 1.807) is 19.1 Å². The zero-order chi connectivity index (χ0) is 14.5. The third-order valence-corrected chi connectivity index (χ3v) is 3.26. The van der Waals surface area contributed by atoms with Crippen LogP contribution in [-0.2, 0) is 9.53 Å². The van der Waals surface area contributed by atoms with Gasteiger partial charge < -0.3 is 4.74 Å². The van der Waals surface area contributed by atoms with Crippen LogP contribution in [0.25, 0.3) is 11.1 Å². The van der Waals surface area contributed by atoms with Crippen LogP contribution in [0.3, 0.4) is 0 Å². The molecule has 0 unspecified atom stereocenters. The molecule has 4 heteroatoms. The van der Waals surface area contributed by atoms with Gasteiger partial charge >= 0.3 is 5.97 Å². The number of esters is 1. The van der Waals surface area contributed by atoms with Gasteiger partial charge in [-0.3, -0.25) is 4.79 Å². The number of rotatable bonds is 4. The molecule has 20 heavy (non-hydrogen) atoms. The van der Waals surface area contributed by atoms with Crippen LogP contribution in [0.4, 0.5) is 0 Å². The largest absolute Gasteiger partial charge is 0.460 e. The zero-order valence-electron chi connectivity index (χ0n) is 10.9. The summed E-state index contributed by atoms with van der Waals surface area (Å²) in [4.78, 5) is 23.1. The third kappa shape index (κ3) is 3.33. The molecule has 0 bridgehead atoms. The predicted octanol–water partition coefficient (Wildman–Crippen LogP) is 3.86. The van der Waals surface area contributed by atoms with E-state index in [2.05, 4.69) is 15.9 Å². The van der Waals surface area contributed by atoms with E-state index < -0.39 is 11.8 Å². The first-order chi connectivity index (χ1) is 9.61. The molecule has 0 aliphatic carbocycles. The Hall–Kier alpha value is -1.94. The summed E-state index contributed by atoms with van der Waals surface area (Å²) >= 11 is 3.42. The maximum atomic E-state index is 11.8. The maximum absolute atomic E-state index is 11.8. The Bertz CT molecular complexity index is 632. The number of halogens is 1. The van der Waals surface area contributed by atoms with Crippen molar-refractivity contribution >= 4 is 27.7 Å². The van der Waals surface area contributed by atoms with E-state index in [0.29, 0.717) is 5.56 Å². The quantitative estimate of drug-likeness (QED) is 0.485. The van der Waals surface area contributed by atoms with Gasteiger partial charge in [-0.1, -0.05) is 52.3 Å². The number of carbonyl (C=O) groups is 2. The average Bonchev–Trinajstić information content (AvgIpc) is 2.47. The Morgan fingerprint density at radius 3 is 2.35 bits per heavy atom. The molecule has 0 radical (unpaired) electrons. The van der Waals surface area contributed by atoms with Gasteiger partial charge in [-0.05, 0) is 30.2 Å². The van der Waals surface area contributed by atoms with Gasteiger partial charge in [-0.25, -0.2) is 4.79 Å². The van der Waals surface area contributed by atoms with Crippen molar-refractivity contribution in [3.8, 4) is 11.1 Å². The maximum Gasteiger partial charge on any atom is 0.379 e. The Labute approximate surface area is 125 Å². The van der Waals surface area contributed by atoms with Crippen LogP contribution in [0.5, 0.6) is 0 Å². The molecule has 0 fully saturated rings. The molecule has 0 aromatic heterocycles. The number of ketones is 1. The third-order valence-electron chi connectivity index (χ3n) is 2.77. The Morgan fingerprint density at radius 2 is 1.75 bits per heavy atom. The molecule has 2 aromatic carbocycles. The van der Waals surface area contributed by atoms with Crippen LogP contribution in [-0.4, -0.2) is 18.4 Å². The van der Waals surface area contributed by atoms with Gasteiger partial charge in [-0.2, -0.15) is 0 Å². The molecule has 3 nitrogen and oxygen atoms in total.